The third kappa shape index (κ3) is 2.29. The number of amides is 2. The molecule has 0 spiro atoms. The third-order valence-electron chi connectivity index (χ3n) is 2.91. The quantitative estimate of drug-likeness (QED) is 0.657. The molecule has 0 aromatic rings. The molecule has 0 rings (SSSR count). The highest BCUT2D eigenvalue weighted by atomic mass is 16.1. The van der Waals surface area contributed by atoms with Gasteiger partial charge in [-0.05, 0) is 6.42 Å². The van der Waals surface area contributed by atoms with Crippen molar-refractivity contribution in [2.45, 2.75) is 20.3 Å². The maximum atomic E-state index is 11.1. The van der Waals surface area contributed by atoms with Crippen molar-refractivity contribution in [2.24, 2.45) is 28.7 Å². The van der Waals surface area contributed by atoms with Gasteiger partial charge in [-0.15, -0.1) is 0 Å². The molecule has 0 unspecified atom stereocenters. The van der Waals surface area contributed by atoms with E-state index in [2.05, 4.69) is 0 Å². The molecule has 0 radical (unpaired) electrons. The van der Waals surface area contributed by atoms with Crippen LogP contribution in [0.15, 0.2) is 0 Å². The normalized spacial score (nSPS) is 14.2. The van der Waals surface area contributed by atoms with E-state index in [9.17, 15) is 9.59 Å². The summed E-state index contributed by atoms with van der Waals surface area (Å²) in [6.07, 6.45) is 0.273. The SMILES string of the molecule is CCC(C)([C@@H](C#N)C(N)=O)[C@@H](C#N)C(N)=O. The standard InChI is InChI=1S/C10H14N4O2/c1-3-10(2,6(4-11)8(13)15)7(5-12)9(14)16/h6-7H,3H2,1-2H3,(H2,13,15)(H2,14,16)/t6-,7-/m0/s1. The molecule has 0 heterocycles. The van der Waals surface area contributed by atoms with Crippen LogP contribution in [-0.2, 0) is 9.59 Å². The summed E-state index contributed by atoms with van der Waals surface area (Å²) in [5.74, 6) is -4.13. The lowest BCUT2D eigenvalue weighted by atomic mass is 9.66. The number of nitrogens with zero attached hydrogens (tertiary/aromatic N) is 2. The summed E-state index contributed by atoms with van der Waals surface area (Å²) < 4.78 is 0. The summed E-state index contributed by atoms with van der Waals surface area (Å²) in [7, 11) is 0. The molecule has 0 saturated heterocycles. The molecule has 2 atom stereocenters. The Morgan fingerprint density at radius 3 is 1.62 bits per heavy atom. The molecule has 0 aliphatic rings. The van der Waals surface area contributed by atoms with Crippen LogP contribution in [0.1, 0.15) is 20.3 Å². The second-order valence-corrected chi connectivity index (χ2v) is 3.79. The van der Waals surface area contributed by atoms with E-state index in [0.29, 0.717) is 0 Å². The Kier molecular flexibility index (Phi) is 4.46. The number of hydrogen-bond donors (Lipinski definition) is 2. The van der Waals surface area contributed by atoms with Gasteiger partial charge in [0.15, 0.2) is 0 Å². The zero-order valence-electron chi connectivity index (χ0n) is 9.23. The molecule has 0 saturated carbocycles. The molecule has 16 heavy (non-hydrogen) atoms. The number of carbonyl (C=O) groups excluding carboxylic acids is 2. The van der Waals surface area contributed by atoms with Gasteiger partial charge in [0.25, 0.3) is 0 Å². The van der Waals surface area contributed by atoms with E-state index in [1.807, 2.05) is 0 Å². The van der Waals surface area contributed by atoms with Crippen LogP contribution in [0.2, 0.25) is 0 Å². The minimum absolute atomic E-state index is 0.273. The Bertz CT molecular complexity index is 345. The van der Waals surface area contributed by atoms with Crippen molar-refractivity contribution in [3.63, 3.8) is 0 Å². The van der Waals surface area contributed by atoms with Gasteiger partial charge in [-0.3, -0.25) is 9.59 Å². The summed E-state index contributed by atoms with van der Waals surface area (Å²) in [4.78, 5) is 22.2. The average molecular weight is 222 g/mol. The molecule has 0 aromatic heterocycles. The van der Waals surface area contributed by atoms with Crippen LogP contribution in [0.5, 0.6) is 0 Å². The maximum Gasteiger partial charge on any atom is 0.235 e. The second-order valence-electron chi connectivity index (χ2n) is 3.79. The Labute approximate surface area is 93.8 Å². The lowest BCUT2D eigenvalue weighted by Crippen LogP contribution is -2.45. The number of nitriles is 2. The van der Waals surface area contributed by atoms with Crippen molar-refractivity contribution in [2.75, 3.05) is 0 Å². The molecule has 0 bridgehead atoms. The molecule has 0 fully saturated rings. The zero-order valence-corrected chi connectivity index (χ0v) is 9.23. The van der Waals surface area contributed by atoms with Crippen molar-refractivity contribution < 1.29 is 9.59 Å². The van der Waals surface area contributed by atoms with E-state index in [-0.39, 0.29) is 6.42 Å². The first-order valence-electron chi connectivity index (χ1n) is 4.73. The predicted octanol–water partition coefficient (Wildman–Crippen LogP) is -0.347. The van der Waals surface area contributed by atoms with Crippen molar-refractivity contribution in [1.29, 1.82) is 10.5 Å². The first kappa shape index (κ1) is 13.9. The van der Waals surface area contributed by atoms with E-state index in [1.165, 1.54) is 6.92 Å². The zero-order chi connectivity index (χ0) is 12.9. The summed E-state index contributed by atoms with van der Waals surface area (Å²) >= 11 is 0. The third-order valence-corrected chi connectivity index (χ3v) is 2.91. The van der Waals surface area contributed by atoms with Crippen LogP contribution >= 0.6 is 0 Å². The van der Waals surface area contributed by atoms with Gasteiger partial charge < -0.3 is 11.5 Å². The van der Waals surface area contributed by atoms with E-state index in [0.717, 1.165) is 0 Å². The van der Waals surface area contributed by atoms with Crippen molar-refractivity contribution in [3.05, 3.63) is 0 Å². The molecule has 4 N–H and O–H groups in total. The molecule has 0 aliphatic heterocycles. The fourth-order valence-corrected chi connectivity index (χ4v) is 1.65. The lowest BCUT2D eigenvalue weighted by Gasteiger charge is -2.33. The minimum atomic E-state index is -1.21. The second kappa shape index (κ2) is 5.13. The average Bonchev–Trinajstić information content (AvgIpc) is 2.18. The highest BCUT2D eigenvalue weighted by Gasteiger charge is 2.46. The number of nitrogens with two attached hydrogens (primary N) is 2. The number of rotatable bonds is 5. The maximum absolute atomic E-state index is 11.1. The van der Waals surface area contributed by atoms with E-state index in [1.54, 1.807) is 19.1 Å². The van der Waals surface area contributed by atoms with Crippen LogP contribution in [0, 0.1) is 39.9 Å². The summed E-state index contributed by atoms with van der Waals surface area (Å²) in [6, 6.07) is 3.46. The molecular weight excluding hydrogens is 208 g/mol. The van der Waals surface area contributed by atoms with Gasteiger partial charge in [0.05, 0.1) is 12.1 Å². The molecule has 2 amide bonds. The van der Waals surface area contributed by atoms with Gasteiger partial charge in [-0.1, -0.05) is 13.8 Å². The Balaban J connectivity index is 5.51. The van der Waals surface area contributed by atoms with Crippen LogP contribution in [0.4, 0.5) is 0 Å². The molecule has 6 nitrogen and oxygen atoms in total. The van der Waals surface area contributed by atoms with Crippen molar-refractivity contribution in [3.8, 4) is 12.1 Å². The van der Waals surface area contributed by atoms with Crippen molar-refractivity contribution in [1.82, 2.24) is 0 Å². The highest BCUT2D eigenvalue weighted by molar-refractivity contribution is 5.84. The number of primary amides is 2. The van der Waals surface area contributed by atoms with Crippen LogP contribution in [0.25, 0.3) is 0 Å². The summed E-state index contributed by atoms with van der Waals surface area (Å²) in [5.41, 5.74) is 9.01. The molecule has 0 aromatic carbocycles. The van der Waals surface area contributed by atoms with Gasteiger partial charge in [0.2, 0.25) is 11.8 Å². The molecule has 6 heteroatoms. The van der Waals surface area contributed by atoms with Gasteiger partial charge >= 0.3 is 0 Å². The van der Waals surface area contributed by atoms with E-state index >= 15 is 0 Å². The number of carbonyl (C=O) groups is 2. The minimum Gasteiger partial charge on any atom is -0.369 e. The Morgan fingerprint density at radius 1 is 1.19 bits per heavy atom. The molecule has 0 aliphatic carbocycles. The van der Waals surface area contributed by atoms with Crippen LogP contribution in [0.3, 0.4) is 0 Å². The Hall–Kier alpha value is -2.08. The van der Waals surface area contributed by atoms with Gasteiger partial charge in [-0.2, -0.15) is 10.5 Å². The topological polar surface area (TPSA) is 134 Å². The predicted molar refractivity (Wildman–Crippen MR) is 55.0 cm³/mol. The monoisotopic (exact) mass is 222 g/mol. The van der Waals surface area contributed by atoms with Crippen LogP contribution in [-0.4, -0.2) is 11.8 Å². The largest absolute Gasteiger partial charge is 0.369 e. The van der Waals surface area contributed by atoms with E-state index < -0.39 is 29.1 Å². The molecule has 86 valence electrons. The Morgan fingerprint density at radius 2 is 1.50 bits per heavy atom. The lowest BCUT2D eigenvalue weighted by molar-refractivity contribution is -0.129. The fourth-order valence-electron chi connectivity index (χ4n) is 1.65. The summed E-state index contributed by atoms with van der Waals surface area (Å²) in [5, 5.41) is 17.8. The summed E-state index contributed by atoms with van der Waals surface area (Å²) in [6.45, 7) is 3.16. The number of hydrogen-bond acceptors (Lipinski definition) is 4. The van der Waals surface area contributed by atoms with Gasteiger partial charge in [0.1, 0.15) is 11.8 Å². The van der Waals surface area contributed by atoms with E-state index in [4.69, 9.17) is 22.0 Å². The van der Waals surface area contributed by atoms with Crippen molar-refractivity contribution >= 4 is 11.8 Å². The van der Waals surface area contributed by atoms with Crippen LogP contribution < -0.4 is 11.5 Å². The highest BCUT2D eigenvalue weighted by Crippen LogP contribution is 2.38. The van der Waals surface area contributed by atoms with Gasteiger partial charge in [-0.25, -0.2) is 0 Å². The first-order valence-corrected chi connectivity index (χ1v) is 4.73. The smallest absolute Gasteiger partial charge is 0.235 e. The first-order chi connectivity index (χ1) is 7.34. The fraction of sp³-hybridized carbons (Fsp3) is 0.600. The van der Waals surface area contributed by atoms with Gasteiger partial charge in [0, 0.05) is 5.41 Å². The molecular formula is C10H14N4O2.